The Morgan fingerprint density at radius 3 is 2.53 bits per heavy atom. The van der Waals surface area contributed by atoms with Gasteiger partial charge in [-0.2, -0.15) is 0 Å². The Labute approximate surface area is 106 Å². The lowest BCUT2D eigenvalue weighted by Crippen LogP contribution is -1.95. The van der Waals surface area contributed by atoms with Gasteiger partial charge in [-0.25, -0.2) is 4.98 Å². The standard InChI is InChI=1S/C14H15NOS/c1-10-8-12(11(2)16)9-15-14(10)17-13-6-4-3-5-7-13/h3-9,11,16H,1-2H3/t11-/m1/s1. The fourth-order valence-electron chi connectivity index (χ4n) is 1.52. The van der Waals surface area contributed by atoms with Crippen LogP contribution in [0.15, 0.2) is 52.5 Å². The normalized spacial score (nSPS) is 12.4. The number of hydrogen-bond donors (Lipinski definition) is 1. The van der Waals surface area contributed by atoms with E-state index in [1.807, 2.05) is 31.2 Å². The lowest BCUT2D eigenvalue weighted by molar-refractivity contribution is 0.198. The molecule has 1 atom stereocenters. The van der Waals surface area contributed by atoms with Crippen LogP contribution in [0.25, 0.3) is 0 Å². The highest BCUT2D eigenvalue weighted by Crippen LogP contribution is 2.29. The van der Waals surface area contributed by atoms with Gasteiger partial charge in [-0.3, -0.25) is 0 Å². The number of benzene rings is 1. The Balaban J connectivity index is 2.23. The van der Waals surface area contributed by atoms with Crippen LogP contribution in [0.2, 0.25) is 0 Å². The zero-order valence-electron chi connectivity index (χ0n) is 9.92. The topological polar surface area (TPSA) is 33.1 Å². The molecule has 0 amide bonds. The summed E-state index contributed by atoms with van der Waals surface area (Å²) < 4.78 is 0. The number of pyridine rings is 1. The third-order valence-electron chi connectivity index (χ3n) is 2.49. The summed E-state index contributed by atoms with van der Waals surface area (Å²) in [5.74, 6) is 0. The molecular weight excluding hydrogens is 230 g/mol. The van der Waals surface area contributed by atoms with Gasteiger partial charge in [0.2, 0.25) is 0 Å². The fraction of sp³-hybridized carbons (Fsp3) is 0.214. The molecule has 1 aromatic carbocycles. The number of nitrogens with zero attached hydrogens (tertiary/aromatic N) is 1. The molecule has 2 aromatic rings. The van der Waals surface area contributed by atoms with Crippen molar-refractivity contribution < 1.29 is 5.11 Å². The second kappa shape index (κ2) is 5.34. The van der Waals surface area contributed by atoms with Crippen molar-refractivity contribution in [1.82, 2.24) is 4.98 Å². The van der Waals surface area contributed by atoms with Gasteiger partial charge < -0.3 is 5.11 Å². The Morgan fingerprint density at radius 1 is 1.24 bits per heavy atom. The van der Waals surface area contributed by atoms with E-state index in [0.717, 1.165) is 16.2 Å². The molecule has 1 N–H and O–H groups in total. The Kier molecular flexibility index (Phi) is 3.82. The Hall–Kier alpha value is -1.32. The van der Waals surface area contributed by atoms with Crippen LogP contribution in [0.4, 0.5) is 0 Å². The number of aliphatic hydroxyl groups is 1. The molecule has 0 aliphatic rings. The summed E-state index contributed by atoms with van der Waals surface area (Å²) in [6.07, 6.45) is 1.28. The van der Waals surface area contributed by atoms with E-state index in [0.29, 0.717) is 0 Å². The van der Waals surface area contributed by atoms with Crippen LogP contribution in [0.1, 0.15) is 24.2 Å². The molecule has 0 aliphatic heterocycles. The van der Waals surface area contributed by atoms with Gasteiger partial charge in [-0.1, -0.05) is 30.0 Å². The van der Waals surface area contributed by atoms with E-state index in [1.54, 1.807) is 24.9 Å². The Bertz CT molecular complexity index is 497. The predicted molar refractivity (Wildman–Crippen MR) is 70.2 cm³/mol. The van der Waals surface area contributed by atoms with Gasteiger partial charge in [0.05, 0.1) is 6.10 Å². The lowest BCUT2D eigenvalue weighted by Gasteiger charge is -2.08. The van der Waals surface area contributed by atoms with Gasteiger partial charge in [-0.15, -0.1) is 0 Å². The van der Waals surface area contributed by atoms with Crippen molar-refractivity contribution in [2.75, 3.05) is 0 Å². The van der Waals surface area contributed by atoms with E-state index in [4.69, 9.17) is 0 Å². The van der Waals surface area contributed by atoms with Gasteiger partial charge in [0, 0.05) is 11.1 Å². The minimum Gasteiger partial charge on any atom is -0.389 e. The monoisotopic (exact) mass is 245 g/mol. The van der Waals surface area contributed by atoms with E-state index >= 15 is 0 Å². The number of aryl methyl sites for hydroxylation is 1. The van der Waals surface area contributed by atoms with E-state index in [9.17, 15) is 5.11 Å². The van der Waals surface area contributed by atoms with Gasteiger partial charge in [-0.05, 0) is 43.2 Å². The number of aromatic nitrogens is 1. The summed E-state index contributed by atoms with van der Waals surface area (Å²) in [5, 5.41) is 10.5. The van der Waals surface area contributed by atoms with E-state index < -0.39 is 6.10 Å². The molecule has 0 saturated heterocycles. The molecule has 0 fully saturated rings. The van der Waals surface area contributed by atoms with Crippen LogP contribution in [-0.4, -0.2) is 10.1 Å². The molecule has 88 valence electrons. The van der Waals surface area contributed by atoms with Crippen molar-refractivity contribution in [2.24, 2.45) is 0 Å². The van der Waals surface area contributed by atoms with Gasteiger partial charge in [0.25, 0.3) is 0 Å². The molecule has 1 heterocycles. The SMILES string of the molecule is Cc1cc([C@@H](C)O)cnc1Sc1ccccc1. The van der Waals surface area contributed by atoms with E-state index in [2.05, 4.69) is 17.1 Å². The lowest BCUT2D eigenvalue weighted by atomic mass is 10.1. The van der Waals surface area contributed by atoms with E-state index in [-0.39, 0.29) is 0 Å². The molecule has 0 radical (unpaired) electrons. The third-order valence-corrected chi connectivity index (χ3v) is 3.62. The van der Waals surface area contributed by atoms with Crippen LogP contribution in [0.5, 0.6) is 0 Å². The highest BCUT2D eigenvalue weighted by molar-refractivity contribution is 7.99. The molecule has 0 spiro atoms. The maximum Gasteiger partial charge on any atom is 0.104 e. The summed E-state index contributed by atoms with van der Waals surface area (Å²) in [5.41, 5.74) is 1.96. The average molecular weight is 245 g/mol. The molecule has 1 aromatic heterocycles. The average Bonchev–Trinajstić information content (AvgIpc) is 2.33. The number of rotatable bonds is 3. The van der Waals surface area contributed by atoms with Gasteiger partial charge >= 0.3 is 0 Å². The van der Waals surface area contributed by atoms with Crippen molar-refractivity contribution >= 4 is 11.8 Å². The Morgan fingerprint density at radius 2 is 1.94 bits per heavy atom. The van der Waals surface area contributed by atoms with Gasteiger partial charge in [0.15, 0.2) is 0 Å². The highest BCUT2D eigenvalue weighted by Gasteiger charge is 2.06. The third kappa shape index (κ3) is 3.08. The second-order valence-electron chi connectivity index (χ2n) is 3.98. The van der Waals surface area contributed by atoms with Crippen molar-refractivity contribution in [2.45, 2.75) is 29.9 Å². The molecule has 17 heavy (non-hydrogen) atoms. The summed E-state index contributed by atoms with van der Waals surface area (Å²) in [4.78, 5) is 5.57. The fourth-order valence-corrected chi connectivity index (χ4v) is 2.36. The molecule has 2 rings (SSSR count). The van der Waals surface area contributed by atoms with Crippen molar-refractivity contribution in [3.63, 3.8) is 0 Å². The van der Waals surface area contributed by atoms with Crippen LogP contribution in [0, 0.1) is 6.92 Å². The van der Waals surface area contributed by atoms with Crippen LogP contribution >= 0.6 is 11.8 Å². The summed E-state index contributed by atoms with van der Waals surface area (Å²) in [7, 11) is 0. The quantitative estimate of drug-likeness (QED) is 0.897. The minimum absolute atomic E-state index is 0.461. The molecule has 0 unspecified atom stereocenters. The molecule has 0 bridgehead atoms. The molecule has 0 saturated carbocycles. The minimum atomic E-state index is -0.461. The molecule has 0 aliphatic carbocycles. The largest absolute Gasteiger partial charge is 0.389 e. The first-order valence-corrected chi connectivity index (χ1v) is 6.36. The van der Waals surface area contributed by atoms with E-state index in [1.165, 1.54) is 4.90 Å². The predicted octanol–water partition coefficient (Wildman–Crippen LogP) is 3.59. The molecule has 2 nitrogen and oxygen atoms in total. The van der Waals surface area contributed by atoms with Crippen molar-refractivity contribution in [3.05, 3.63) is 53.7 Å². The van der Waals surface area contributed by atoms with Crippen molar-refractivity contribution in [3.8, 4) is 0 Å². The van der Waals surface area contributed by atoms with Crippen molar-refractivity contribution in [1.29, 1.82) is 0 Å². The zero-order chi connectivity index (χ0) is 12.3. The summed E-state index contributed by atoms with van der Waals surface area (Å²) in [6, 6.07) is 12.1. The molecular formula is C14H15NOS. The first-order valence-electron chi connectivity index (χ1n) is 5.54. The number of aliphatic hydroxyl groups excluding tert-OH is 1. The smallest absolute Gasteiger partial charge is 0.104 e. The number of hydrogen-bond acceptors (Lipinski definition) is 3. The zero-order valence-corrected chi connectivity index (χ0v) is 10.7. The summed E-state index contributed by atoms with van der Waals surface area (Å²) in [6.45, 7) is 3.77. The first-order chi connectivity index (χ1) is 8.16. The van der Waals surface area contributed by atoms with Crippen LogP contribution < -0.4 is 0 Å². The maximum atomic E-state index is 9.48. The first kappa shape index (κ1) is 12.1. The van der Waals surface area contributed by atoms with Gasteiger partial charge in [0.1, 0.15) is 5.03 Å². The summed E-state index contributed by atoms with van der Waals surface area (Å²) >= 11 is 1.64. The molecule has 3 heteroatoms. The highest BCUT2D eigenvalue weighted by atomic mass is 32.2. The van der Waals surface area contributed by atoms with Crippen LogP contribution in [0.3, 0.4) is 0 Å². The van der Waals surface area contributed by atoms with Crippen LogP contribution in [-0.2, 0) is 0 Å². The second-order valence-corrected chi connectivity index (χ2v) is 5.04. The maximum absolute atomic E-state index is 9.48.